The number of amides is 1. The molecule has 0 aliphatic rings. The Bertz CT molecular complexity index is 527. The van der Waals surface area contributed by atoms with Crippen LogP contribution in [-0.4, -0.2) is 22.6 Å². The number of nitrogens with zero attached hydrogens (tertiary/aromatic N) is 2. The van der Waals surface area contributed by atoms with E-state index in [2.05, 4.69) is 14.9 Å². The number of aromatic nitrogens is 2. The molecule has 0 spiro atoms. The van der Waals surface area contributed by atoms with Crippen molar-refractivity contribution in [2.24, 2.45) is 0 Å². The van der Waals surface area contributed by atoms with Crippen molar-refractivity contribution in [1.29, 1.82) is 0 Å². The monoisotopic (exact) mass is 250 g/mol. The zero-order chi connectivity index (χ0) is 12.3. The molecule has 2 aromatic rings. The molecule has 2 rings (SSSR count). The fourth-order valence-electron chi connectivity index (χ4n) is 1.25. The van der Waals surface area contributed by atoms with E-state index in [0.717, 1.165) is 11.5 Å². The first kappa shape index (κ1) is 11.3. The predicted octanol–water partition coefficient (Wildman–Crippen LogP) is 1.38. The molecule has 0 aliphatic heterocycles. The van der Waals surface area contributed by atoms with E-state index in [-0.39, 0.29) is 11.6 Å². The van der Waals surface area contributed by atoms with E-state index in [1.807, 2.05) is 0 Å². The van der Waals surface area contributed by atoms with Gasteiger partial charge in [-0.05, 0) is 23.7 Å². The summed E-state index contributed by atoms with van der Waals surface area (Å²) < 4.78 is 8.67. The molecule has 0 saturated heterocycles. The van der Waals surface area contributed by atoms with Gasteiger partial charge in [-0.3, -0.25) is 4.79 Å². The fourth-order valence-corrected chi connectivity index (χ4v) is 1.68. The molecule has 0 atom stereocenters. The number of carbonyl (C=O) groups excluding carboxylic acids is 1. The topological polar surface area (TPSA) is 90.1 Å². The molecule has 1 amide bonds. The highest BCUT2D eigenvalue weighted by Crippen LogP contribution is 2.25. The summed E-state index contributed by atoms with van der Waals surface area (Å²) in [5.74, 6) is 0.199. The number of methoxy groups -OCH3 is 1. The summed E-state index contributed by atoms with van der Waals surface area (Å²) >= 11 is 1.12. The molecule has 0 bridgehead atoms. The van der Waals surface area contributed by atoms with Crippen molar-refractivity contribution in [3.63, 3.8) is 0 Å². The Hall–Kier alpha value is -2.15. The van der Waals surface area contributed by atoms with Gasteiger partial charge in [-0.15, -0.1) is 5.10 Å². The van der Waals surface area contributed by atoms with E-state index < -0.39 is 0 Å². The second kappa shape index (κ2) is 4.79. The molecule has 0 radical (unpaired) electrons. The molecule has 0 unspecified atom stereocenters. The summed E-state index contributed by atoms with van der Waals surface area (Å²) in [5, 5.41) is 7.92. The minimum atomic E-state index is -0.314. The largest absolute Gasteiger partial charge is 0.495 e. The lowest BCUT2D eigenvalue weighted by Crippen LogP contribution is -2.12. The van der Waals surface area contributed by atoms with Crippen LogP contribution in [0, 0.1) is 0 Å². The third-order valence-corrected chi connectivity index (χ3v) is 2.59. The minimum absolute atomic E-state index is 0.283. The Morgan fingerprint density at radius 1 is 1.53 bits per heavy atom. The van der Waals surface area contributed by atoms with Gasteiger partial charge < -0.3 is 15.8 Å². The predicted molar refractivity (Wildman–Crippen MR) is 65.3 cm³/mol. The number of hydrogen-bond donors (Lipinski definition) is 2. The molecule has 1 aromatic carbocycles. The Morgan fingerprint density at radius 3 is 3.00 bits per heavy atom. The van der Waals surface area contributed by atoms with Crippen LogP contribution in [0.3, 0.4) is 0 Å². The number of nitrogen functional groups attached to an aromatic ring is 1. The van der Waals surface area contributed by atoms with Gasteiger partial charge in [-0.25, -0.2) is 0 Å². The number of ether oxygens (including phenoxy) is 1. The van der Waals surface area contributed by atoms with E-state index in [9.17, 15) is 4.79 Å². The Morgan fingerprint density at radius 2 is 2.35 bits per heavy atom. The highest BCUT2D eigenvalue weighted by Gasteiger charge is 2.10. The quantitative estimate of drug-likeness (QED) is 0.803. The second-order valence-corrected chi connectivity index (χ2v) is 3.81. The lowest BCUT2D eigenvalue weighted by Gasteiger charge is -2.07. The third kappa shape index (κ3) is 2.51. The van der Waals surface area contributed by atoms with Crippen LogP contribution in [0.25, 0.3) is 0 Å². The number of carbonyl (C=O) groups is 1. The first-order valence-corrected chi connectivity index (χ1v) is 5.56. The van der Waals surface area contributed by atoms with Gasteiger partial charge >= 0.3 is 0 Å². The van der Waals surface area contributed by atoms with Gasteiger partial charge in [0.15, 0.2) is 5.69 Å². The van der Waals surface area contributed by atoms with E-state index in [1.165, 1.54) is 7.11 Å². The lowest BCUT2D eigenvalue weighted by atomic mass is 10.2. The lowest BCUT2D eigenvalue weighted by molar-refractivity contribution is 0.102. The van der Waals surface area contributed by atoms with Crippen LogP contribution in [0.2, 0.25) is 0 Å². The first-order valence-electron chi connectivity index (χ1n) is 4.72. The maximum Gasteiger partial charge on any atom is 0.277 e. The van der Waals surface area contributed by atoms with Gasteiger partial charge in [0.25, 0.3) is 5.91 Å². The summed E-state index contributed by atoms with van der Waals surface area (Å²) in [4.78, 5) is 11.7. The average Bonchev–Trinajstić information content (AvgIpc) is 2.85. The van der Waals surface area contributed by atoms with Crippen molar-refractivity contribution in [2.75, 3.05) is 18.2 Å². The first-order chi connectivity index (χ1) is 8.20. The minimum Gasteiger partial charge on any atom is -0.495 e. The molecule has 1 heterocycles. The van der Waals surface area contributed by atoms with Crippen LogP contribution in [0.15, 0.2) is 23.6 Å². The molecule has 0 aliphatic carbocycles. The molecule has 1 aromatic heterocycles. The highest BCUT2D eigenvalue weighted by atomic mass is 32.1. The fraction of sp³-hybridized carbons (Fsp3) is 0.100. The van der Waals surface area contributed by atoms with Gasteiger partial charge in [0.2, 0.25) is 0 Å². The number of nitrogens with two attached hydrogens (primary N) is 1. The van der Waals surface area contributed by atoms with Gasteiger partial charge in [-0.1, -0.05) is 4.49 Å². The maximum atomic E-state index is 11.7. The third-order valence-electron chi connectivity index (χ3n) is 2.08. The number of hydrogen-bond acceptors (Lipinski definition) is 6. The Kier molecular flexibility index (Phi) is 3.20. The van der Waals surface area contributed by atoms with Crippen molar-refractivity contribution in [1.82, 2.24) is 9.59 Å². The van der Waals surface area contributed by atoms with Crippen molar-refractivity contribution in [3.05, 3.63) is 29.3 Å². The van der Waals surface area contributed by atoms with Crippen LogP contribution in [-0.2, 0) is 0 Å². The molecular formula is C10H10N4O2S. The smallest absolute Gasteiger partial charge is 0.277 e. The standard InChI is InChI=1S/C10H10N4O2S/c1-16-9-4-6(2-3-7(9)11)12-10(15)8-5-17-14-13-8/h2-5H,11H2,1H3,(H,12,15). The molecule has 6 nitrogen and oxygen atoms in total. The summed E-state index contributed by atoms with van der Waals surface area (Å²) in [5.41, 5.74) is 7.06. The Labute approximate surface area is 102 Å². The summed E-state index contributed by atoms with van der Waals surface area (Å²) in [6.45, 7) is 0. The van der Waals surface area contributed by atoms with Gasteiger partial charge in [0.05, 0.1) is 12.8 Å². The van der Waals surface area contributed by atoms with Crippen LogP contribution >= 0.6 is 11.5 Å². The zero-order valence-electron chi connectivity index (χ0n) is 9.01. The Balaban J connectivity index is 2.16. The molecule has 17 heavy (non-hydrogen) atoms. The normalized spacial score (nSPS) is 9.94. The van der Waals surface area contributed by atoms with Crippen LogP contribution in [0.5, 0.6) is 5.75 Å². The summed E-state index contributed by atoms with van der Waals surface area (Å²) in [6.07, 6.45) is 0. The van der Waals surface area contributed by atoms with Crippen molar-refractivity contribution in [2.45, 2.75) is 0 Å². The van der Waals surface area contributed by atoms with Crippen LogP contribution in [0.1, 0.15) is 10.5 Å². The van der Waals surface area contributed by atoms with Crippen molar-refractivity contribution in [3.8, 4) is 5.75 Å². The summed E-state index contributed by atoms with van der Waals surface area (Å²) in [7, 11) is 1.52. The van der Waals surface area contributed by atoms with E-state index in [0.29, 0.717) is 17.1 Å². The number of nitrogens with one attached hydrogen (secondary N) is 1. The van der Waals surface area contributed by atoms with Gasteiger partial charge in [0, 0.05) is 17.1 Å². The summed E-state index contributed by atoms with van der Waals surface area (Å²) in [6, 6.07) is 5.00. The van der Waals surface area contributed by atoms with Crippen LogP contribution < -0.4 is 15.8 Å². The van der Waals surface area contributed by atoms with E-state index >= 15 is 0 Å². The molecule has 3 N–H and O–H groups in total. The number of rotatable bonds is 3. The molecule has 0 fully saturated rings. The molecule has 0 saturated carbocycles. The van der Waals surface area contributed by atoms with Crippen LogP contribution in [0.4, 0.5) is 11.4 Å². The van der Waals surface area contributed by atoms with Gasteiger partial charge in [0.1, 0.15) is 5.75 Å². The molecular weight excluding hydrogens is 240 g/mol. The number of anilines is 2. The van der Waals surface area contributed by atoms with Gasteiger partial charge in [-0.2, -0.15) is 0 Å². The maximum absolute atomic E-state index is 11.7. The average molecular weight is 250 g/mol. The van der Waals surface area contributed by atoms with Crippen molar-refractivity contribution < 1.29 is 9.53 Å². The second-order valence-electron chi connectivity index (χ2n) is 3.20. The number of benzene rings is 1. The SMILES string of the molecule is COc1cc(NC(=O)c2csnn2)ccc1N. The zero-order valence-corrected chi connectivity index (χ0v) is 9.82. The van der Waals surface area contributed by atoms with Crippen molar-refractivity contribution >= 4 is 28.8 Å². The molecule has 88 valence electrons. The highest BCUT2D eigenvalue weighted by molar-refractivity contribution is 7.03. The van der Waals surface area contributed by atoms with E-state index in [1.54, 1.807) is 23.6 Å². The van der Waals surface area contributed by atoms with E-state index in [4.69, 9.17) is 10.5 Å². The molecule has 7 heteroatoms.